The molecule has 0 radical (unpaired) electrons. The topological polar surface area (TPSA) is 87.7 Å². The Morgan fingerprint density at radius 3 is 2.75 bits per heavy atom. The summed E-state index contributed by atoms with van der Waals surface area (Å²) in [6, 6.07) is 1.57. The first-order valence-electron chi connectivity index (χ1n) is 4.88. The smallest absolute Gasteiger partial charge is 0.154 e. The number of aromatic hydroxyl groups is 1. The summed E-state index contributed by atoms with van der Waals surface area (Å²) < 4.78 is 5.64. The highest BCUT2D eigenvalue weighted by Crippen LogP contribution is 2.43. The van der Waals surface area contributed by atoms with Gasteiger partial charge < -0.3 is 15.6 Å². The number of nitrogens with one attached hydrogen (secondary N) is 1. The summed E-state index contributed by atoms with van der Waals surface area (Å²) in [6.45, 7) is 3.80. The molecule has 0 unspecified atom stereocenters. The van der Waals surface area contributed by atoms with Crippen LogP contribution in [0.4, 0.5) is 11.4 Å². The Morgan fingerprint density at radius 2 is 2.12 bits per heavy atom. The highest BCUT2D eigenvalue weighted by atomic mass is 16.5. The minimum atomic E-state index is -0.431. The molecular formula is C11H14N2O3. The van der Waals surface area contributed by atoms with Crippen molar-refractivity contribution in [2.24, 2.45) is 0 Å². The number of nitrogen functional groups attached to an aromatic ring is 1. The molecule has 1 aliphatic rings. The Kier molecular flexibility index (Phi) is 2.20. The lowest BCUT2D eigenvalue weighted by Crippen LogP contribution is -2.27. The van der Waals surface area contributed by atoms with Crippen LogP contribution in [0.25, 0.3) is 6.08 Å². The van der Waals surface area contributed by atoms with Crippen LogP contribution in [0.1, 0.15) is 19.4 Å². The second-order valence-electron chi connectivity index (χ2n) is 4.25. The standard InChI is InChI=1S/C11H14N2O3/c1-11(2)4-3-6-8(16-11)5-7(12)9(13-15)10(6)14/h3-5,13-15H,12H2,1-2H3. The Balaban J connectivity index is 2.61. The summed E-state index contributed by atoms with van der Waals surface area (Å²) in [4.78, 5) is 0. The van der Waals surface area contributed by atoms with Gasteiger partial charge in [-0.05, 0) is 26.0 Å². The number of hydrogen-bond donors (Lipinski definition) is 4. The van der Waals surface area contributed by atoms with Crippen LogP contribution in [0.5, 0.6) is 11.5 Å². The minimum absolute atomic E-state index is 0.0895. The second kappa shape index (κ2) is 3.31. The molecule has 0 aromatic heterocycles. The molecule has 5 N–H and O–H groups in total. The van der Waals surface area contributed by atoms with Gasteiger partial charge in [0.25, 0.3) is 0 Å². The third-order valence-electron chi connectivity index (χ3n) is 2.47. The van der Waals surface area contributed by atoms with E-state index in [0.29, 0.717) is 11.3 Å². The van der Waals surface area contributed by atoms with Crippen molar-refractivity contribution in [3.63, 3.8) is 0 Å². The molecule has 16 heavy (non-hydrogen) atoms. The number of rotatable bonds is 1. The van der Waals surface area contributed by atoms with Crippen molar-refractivity contribution in [3.05, 3.63) is 17.7 Å². The van der Waals surface area contributed by atoms with E-state index in [-0.39, 0.29) is 17.1 Å². The first kappa shape index (κ1) is 10.6. The van der Waals surface area contributed by atoms with Crippen molar-refractivity contribution in [3.8, 4) is 11.5 Å². The zero-order chi connectivity index (χ0) is 11.9. The van der Waals surface area contributed by atoms with E-state index in [9.17, 15) is 5.11 Å². The summed E-state index contributed by atoms with van der Waals surface area (Å²) in [5.41, 5.74) is 7.92. The molecule has 0 spiro atoms. The van der Waals surface area contributed by atoms with Gasteiger partial charge in [-0.2, -0.15) is 0 Å². The van der Waals surface area contributed by atoms with E-state index in [0.717, 1.165) is 0 Å². The zero-order valence-corrected chi connectivity index (χ0v) is 9.11. The van der Waals surface area contributed by atoms with Crippen molar-refractivity contribution < 1.29 is 15.1 Å². The number of phenols is 1. The maximum absolute atomic E-state index is 9.85. The second-order valence-corrected chi connectivity index (χ2v) is 4.25. The van der Waals surface area contributed by atoms with Gasteiger partial charge in [0.2, 0.25) is 0 Å². The number of phenolic OH excluding ortho intramolecular Hbond substituents is 1. The Bertz CT molecular complexity index is 467. The van der Waals surface area contributed by atoms with Gasteiger partial charge in [-0.1, -0.05) is 0 Å². The normalized spacial score (nSPS) is 16.4. The molecule has 5 heteroatoms. The molecule has 0 amide bonds. The third kappa shape index (κ3) is 1.55. The van der Waals surface area contributed by atoms with Crippen LogP contribution in [-0.2, 0) is 0 Å². The molecule has 0 saturated heterocycles. The Hall–Kier alpha value is -1.88. The number of hydrogen-bond acceptors (Lipinski definition) is 5. The third-order valence-corrected chi connectivity index (χ3v) is 2.47. The predicted molar refractivity (Wildman–Crippen MR) is 61.7 cm³/mol. The molecule has 1 aliphatic heterocycles. The molecule has 86 valence electrons. The van der Waals surface area contributed by atoms with Gasteiger partial charge in [0.05, 0.1) is 11.3 Å². The van der Waals surface area contributed by atoms with E-state index in [2.05, 4.69) is 0 Å². The van der Waals surface area contributed by atoms with E-state index >= 15 is 0 Å². The van der Waals surface area contributed by atoms with Crippen LogP contribution in [0.3, 0.4) is 0 Å². The number of ether oxygens (including phenoxy) is 1. The van der Waals surface area contributed by atoms with E-state index in [1.807, 2.05) is 25.4 Å². The average Bonchev–Trinajstić information content (AvgIpc) is 2.16. The van der Waals surface area contributed by atoms with Crippen LogP contribution in [0, 0.1) is 0 Å². The highest BCUT2D eigenvalue weighted by molar-refractivity contribution is 5.83. The fourth-order valence-electron chi connectivity index (χ4n) is 1.64. The Labute approximate surface area is 93.1 Å². The van der Waals surface area contributed by atoms with E-state index in [1.54, 1.807) is 12.1 Å². The van der Waals surface area contributed by atoms with Crippen LogP contribution >= 0.6 is 0 Å². The van der Waals surface area contributed by atoms with Crippen LogP contribution in [0.2, 0.25) is 0 Å². The van der Waals surface area contributed by atoms with E-state index in [4.69, 9.17) is 15.7 Å². The molecular weight excluding hydrogens is 208 g/mol. The molecule has 1 aromatic carbocycles. The van der Waals surface area contributed by atoms with Gasteiger partial charge >= 0.3 is 0 Å². The lowest BCUT2D eigenvalue weighted by atomic mass is 10.0. The van der Waals surface area contributed by atoms with Crippen LogP contribution in [-0.4, -0.2) is 15.9 Å². The lowest BCUT2D eigenvalue weighted by molar-refractivity contribution is 0.158. The summed E-state index contributed by atoms with van der Waals surface area (Å²) in [7, 11) is 0. The van der Waals surface area contributed by atoms with Crippen molar-refractivity contribution in [1.82, 2.24) is 0 Å². The van der Waals surface area contributed by atoms with Crippen molar-refractivity contribution >= 4 is 17.5 Å². The van der Waals surface area contributed by atoms with Crippen molar-refractivity contribution in [2.75, 3.05) is 11.2 Å². The van der Waals surface area contributed by atoms with Crippen molar-refractivity contribution in [2.45, 2.75) is 19.4 Å². The molecule has 0 atom stereocenters. The molecule has 0 bridgehead atoms. The van der Waals surface area contributed by atoms with Gasteiger partial charge in [-0.15, -0.1) is 0 Å². The summed E-state index contributed by atoms with van der Waals surface area (Å²) >= 11 is 0. The maximum Gasteiger partial charge on any atom is 0.154 e. The van der Waals surface area contributed by atoms with E-state index < -0.39 is 5.60 Å². The first-order chi connectivity index (χ1) is 7.44. The first-order valence-corrected chi connectivity index (χ1v) is 4.88. The lowest BCUT2D eigenvalue weighted by Gasteiger charge is -2.28. The van der Waals surface area contributed by atoms with Crippen molar-refractivity contribution in [1.29, 1.82) is 0 Å². The molecule has 0 saturated carbocycles. The molecule has 2 rings (SSSR count). The number of benzene rings is 1. The summed E-state index contributed by atoms with van der Waals surface area (Å²) in [6.07, 6.45) is 3.57. The van der Waals surface area contributed by atoms with Crippen LogP contribution < -0.4 is 16.0 Å². The average molecular weight is 222 g/mol. The van der Waals surface area contributed by atoms with Gasteiger partial charge in [-0.3, -0.25) is 10.7 Å². The fourth-order valence-corrected chi connectivity index (χ4v) is 1.64. The monoisotopic (exact) mass is 222 g/mol. The number of anilines is 2. The Morgan fingerprint density at radius 1 is 1.44 bits per heavy atom. The highest BCUT2D eigenvalue weighted by Gasteiger charge is 2.25. The minimum Gasteiger partial charge on any atom is -0.505 e. The van der Waals surface area contributed by atoms with Gasteiger partial charge in [0.15, 0.2) is 5.75 Å². The summed E-state index contributed by atoms with van der Waals surface area (Å²) in [5, 5.41) is 18.7. The summed E-state index contributed by atoms with van der Waals surface area (Å²) in [5.74, 6) is 0.380. The fraction of sp³-hybridized carbons (Fsp3) is 0.273. The van der Waals surface area contributed by atoms with E-state index in [1.165, 1.54) is 0 Å². The zero-order valence-electron chi connectivity index (χ0n) is 9.11. The van der Waals surface area contributed by atoms with Crippen LogP contribution in [0.15, 0.2) is 12.1 Å². The molecule has 0 aliphatic carbocycles. The molecule has 5 nitrogen and oxygen atoms in total. The number of fused-ring (bicyclic) bond motifs is 1. The maximum atomic E-state index is 9.85. The van der Waals surface area contributed by atoms with Gasteiger partial charge in [0.1, 0.15) is 17.0 Å². The van der Waals surface area contributed by atoms with Gasteiger partial charge in [0, 0.05) is 6.07 Å². The number of nitrogens with two attached hydrogens (primary N) is 1. The molecule has 0 fully saturated rings. The predicted octanol–water partition coefficient (Wildman–Crippen LogP) is 1.96. The SMILES string of the molecule is CC1(C)C=Cc2c(cc(N)c(NO)c2O)O1. The molecule has 1 aromatic rings. The largest absolute Gasteiger partial charge is 0.505 e. The van der Waals surface area contributed by atoms with Gasteiger partial charge in [-0.25, -0.2) is 0 Å². The quantitative estimate of drug-likeness (QED) is 0.331. The molecule has 1 heterocycles.